The number of ether oxygens (including phenoxy) is 3. The molecule has 106 valence electrons. The molecule has 0 unspecified atom stereocenters. The molecule has 0 atom stereocenters. The van der Waals surface area contributed by atoms with E-state index in [4.69, 9.17) is 14.2 Å². The van der Waals surface area contributed by atoms with Crippen molar-refractivity contribution in [2.75, 3.05) is 14.2 Å². The Labute approximate surface area is 125 Å². The zero-order chi connectivity index (χ0) is 14.5. The van der Waals surface area contributed by atoms with Crippen LogP contribution in [0.1, 0.15) is 5.56 Å². The lowest BCUT2D eigenvalue weighted by Gasteiger charge is -2.11. The summed E-state index contributed by atoms with van der Waals surface area (Å²) < 4.78 is 29.5. The number of halogens is 2. The molecule has 0 bridgehead atoms. The van der Waals surface area contributed by atoms with Crippen molar-refractivity contribution in [3.8, 4) is 17.2 Å². The van der Waals surface area contributed by atoms with Crippen molar-refractivity contribution < 1.29 is 18.6 Å². The van der Waals surface area contributed by atoms with E-state index in [2.05, 4.69) is 15.9 Å². The summed E-state index contributed by atoms with van der Waals surface area (Å²) in [7, 11) is 3.17. The molecule has 0 N–H and O–H groups in total. The highest BCUT2D eigenvalue weighted by Crippen LogP contribution is 2.28. The second-order valence-electron chi connectivity index (χ2n) is 4.05. The lowest BCUT2D eigenvalue weighted by Crippen LogP contribution is -1.98. The summed E-state index contributed by atoms with van der Waals surface area (Å²) >= 11 is 3.12. The molecule has 0 heterocycles. The number of hydrogen-bond donors (Lipinski definition) is 0. The van der Waals surface area contributed by atoms with Crippen molar-refractivity contribution in [3.63, 3.8) is 0 Å². The lowest BCUT2D eigenvalue weighted by atomic mass is 10.2. The van der Waals surface area contributed by atoms with Crippen LogP contribution in [0, 0.1) is 5.82 Å². The standard InChI is InChI=1S/C15H14BrFO3/c1-18-14-6-3-10(7-15(14)19-2)9-20-11-4-5-13(17)12(16)8-11/h3-8H,9H2,1-2H3. The fourth-order valence-electron chi connectivity index (χ4n) is 1.70. The van der Waals surface area contributed by atoms with Crippen LogP contribution in [0.15, 0.2) is 40.9 Å². The van der Waals surface area contributed by atoms with Gasteiger partial charge in [-0.1, -0.05) is 6.07 Å². The normalized spacial score (nSPS) is 10.2. The van der Waals surface area contributed by atoms with Crippen LogP contribution in [-0.2, 0) is 6.61 Å². The first-order valence-electron chi connectivity index (χ1n) is 5.93. The van der Waals surface area contributed by atoms with E-state index < -0.39 is 0 Å². The van der Waals surface area contributed by atoms with Gasteiger partial charge in [0.15, 0.2) is 11.5 Å². The van der Waals surface area contributed by atoms with Gasteiger partial charge in [-0.25, -0.2) is 4.39 Å². The first-order valence-corrected chi connectivity index (χ1v) is 6.72. The predicted octanol–water partition coefficient (Wildman–Crippen LogP) is 4.18. The van der Waals surface area contributed by atoms with Crippen LogP contribution in [0.3, 0.4) is 0 Å². The van der Waals surface area contributed by atoms with Crippen molar-refractivity contribution >= 4 is 15.9 Å². The van der Waals surface area contributed by atoms with E-state index in [-0.39, 0.29) is 5.82 Å². The minimum atomic E-state index is -0.316. The average molecular weight is 341 g/mol. The van der Waals surface area contributed by atoms with Crippen LogP contribution in [0.2, 0.25) is 0 Å². The van der Waals surface area contributed by atoms with Crippen molar-refractivity contribution in [3.05, 3.63) is 52.3 Å². The van der Waals surface area contributed by atoms with Crippen LogP contribution < -0.4 is 14.2 Å². The molecule has 0 radical (unpaired) electrons. The molecule has 0 aliphatic heterocycles. The molecule has 2 aromatic carbocycles. The molecule has 5 heteroatoms. The Morgan fingerprint density at radius 2 is 1.75 bits per heavy atom. The quantitative estimate of drug-likeness (QED) is 0.816. The Kier molecular flexibility index (Phi) is 4.84. The molecular formula is C15H14BrFO3. The molecule has 2 rings (SSSR count). The molecule has 0 aliphatic carbocycles. The Balaban J connectivity index is 2.08. The van der Waals surface area contributed by atoms with Gasteiger partial charge in [-0.05, 0) is 51.8 Å². The number of methoxy groups -OCH3 is 2. The van der Waals surface area contributed by atoms with Gasteiger partial charge >= 0.3 is 0 Å². The van der Waals surface area contributed by atoms with Crippen LogP contribution in [0.4, 0.5) is 4.39 Å². The third-order valence-electron chi connectivity index (χ3n) is 2.74. The van der Waals surface area contributed by atoms with Crippen molar-refractivity contribution in [1.82, 2.24) is 0 Å². The topological polar surface area (TPSA) is 27.7 Å². The van der Waals surface area contributed by atoms with Gasteiger partial charge in [0.1, 0.15) is 18.2 Å². The molecular weight excluding hydrogens is 327 g/mol. The molecule has 0 aromatic heterocycles. The van der Waals surface area contributed by atoms with Gasteiger partial charge in [-0.3, -0.25) is 0 Å². The highest BCUT2D eigenvalue weighted by molar-refractivity contribution is 9.10. The second kappa shape index (κ2) is 6.61. The predicted molar refractivity (Wildman–Crippen MR) is 78.0 cm³/mol. The fourth-order valence-corrected chi connectivity index (χ4v) is 2.06. The molecule has 0 saturated carbocycles. The lowest BCUT2D eigenvalue weighted by molar-refractivity contribution is 0.303. The van der Waals surface area contributed by atoms with Crippen molar-refractivity contribution in [2.45, 2.75) is 6.61 Å². The monoisotopic (exact) mass is 340 g/mol. The summed E-state index contributed by atoms with van der Waals surface area (Å²) in [5.74, 6) is 1.59. The zero-order valence-corrected chi connectivity index (χ0v) is 12.7. The summed E-state index contributed by atoms with van der Waals surface area (Å²) in [6.07, 6.45) is 0. The number of hydrogen-bond acceptors (Lipinski definition) is 3. The molecule has 2 aromatic rings. The van der Waals surface area contributed by atoms with E-state index in [0.717, 1.165) is 5.56 Å². The largest absolute Gasteiger partial charge is 0.493 e. The SMILES string of the molecule is COc1ccc(COc2ccc(F)c(Br)c2)cc1OC. The second-order valence-corrected chi connectivity index (χ2v) is 4.91. The van der Waals surface area contributed by atoms with Gasteiger partial charge in [0, 0.05) is 0 Å². The third kappa shape index (κ3) is 3.42. The third-order valence-corrected chi connectivity index (χ3v) is 3.35. The van der Waals surface area contributed by atoms with E-state index in [1.165, 1.54) is 6.07 Å². The molecule has 3 nitrogen and oxygen atoms in total. The van der Waals surface area contributed by atoms with E-state index in [0.29, 0.717) is 28.3 Å². The van der Waals surface area contributed by atoms with Crippen LogP contribution in [0.5, 0.6) is 17.2 Å². The van der Waals surface area contributed by atoms with Gasteiger partial charge in [0.05, 0.1) is 18.7 Å². The maximum atomic E-state index is 13.1. The Morgan fingerprint density at radius 3 is 2.40 bits per heavy atom. The minimum Gasteiger partial charge on any atom is -0.493 e. The first-order chi connectivity index (χ1) is 9.63. The molecule has 0 saturated heterocycles. The Hall–Kier alpha value is -1.75. The smallest absolute Gasteiger partial charge is 0.161 e. The molecule has 0 spiro atoms. The van der Waals surface area contributed by atoms with E-state index in [9.17, 15) is 4.39 Å². The summed E-state index contributed by atoms with van der Waals surface area (Å²) in [5, 5.41) is 0. The first kappa shape index (κ1) is 14.7. The van der Waals surface area contributed by atoms with Gasteiger partial charge in [0.2, 0.25) is 0 Å². The summed E-state index contributed by atoms with van der Waals surface area (Å²) in [5.41, 5.74) is 0.933. The Bertz CT molecular complexity index is 602. The van der Waals surface area contributed by atoms with Crippen molar-refractivity contribution in [1.29, 1.82) is 0 Å². The van der Waals surface area contributed by atoms with Crippen LogP contribution in [0.25, 0.3) is 0 Å². The molecule has 20 heavy (non-hydrogen) atoms. The number of rotatable bonds is 5. The van der Waals surface area contributed by atoms with Gasteiger partial charge < -0.3 is 14.2 Å². The van der Waals surface area contributed by atoms with E-state index >= 15 is 0 Å². The maximum absolute atomic E-state index is 13.1. The Morgan fingerprint density at radius 1 is 1.00 bits per heavy atom. The minimum absolute atomic E-state index is 0.316. The highest BCUT2D eigenvalue weighted by atomic mass is 79.9. The van der Waals surface area contributed by atoms with Gasteiger partial charge in [-0.15, -0.1) is 0 Å². The summed E-state index contributed by atoms with van der Waals surface area (Å²) in [6.45, 7) is 0.360. The summed E-state index contributed by atoms with van der Waals surface area (Å²) in [4.78, 5) is 0. The van der Waals surface area contributed by atoms with Crippen LogP contribution in [-0.4, -0.2) is 14.2 Å². The fraction of sp³-hybridized carbons (Fsp3) is 0.200. The molecule has 0 fully saturated rings. The molecule has 0 amide bonds. The van der Waals surface area contributed by atoms with Gasteiger partial charge in [-0.2, -0.15) is 0 Å². The van der Waals surface area contributed by atoms with Crippen molar-refractivity contribution in [2.24, 2.45) is 0 Å². The zero-order valence-electron chi connectivity index (χ0n) is 11.2. The molecule has 0 aliphatic rings. The maximum Gasteiger partial charge on any atom is 0.161 e. The van der Waals surface area contributed by atoms with Crippen LogP contribution >= 0.6 is 15.9 Å². The van der Waals surface area contributed by atoms with E-state index in [1.54, 1.807) is 26.4 Å². The summed E-state index contributed by atoms with van der Waals surface area (Å²) in [6, 6.07) is 10.1. The highest BCUT2D eigenvalue weighted by Gasteiger charge is 2.06. The average Bonchev–Trinajstić information content (AvgIpc) is 2.48. The van der Waals surface area contributed by atoms with Gasteiger partial charge in [0.25, 0.3) is 0 Å². The van der Waals surface area contributed by atoms with E-state index in [1.807, 2.05) is 18.2 Å². The number of benzene rings is 2.